The van der Waals surface area contributed by atoms with Crippen molar-refractivity contribution in [2.24, 2.45) is 0 Å². The summed E-state index contributed by atoms with van der Waals surface area (Å²) in [5.74, 6) is -0.480. The molecular formula is C14H11N3O2. The fraction of sp³-hybridized carbons (Fsp3) is 0.0714. The molecule has 2 aromatic heterocycles. The number of esters is 1. The summed E-state index contributed by atoms with van der Waals surface area (Å²) in [6.45, 7) is 0. The third-order valence-corrected chi connectivity index (χ3v) is 2.89. The number of para-hydroxylation sites is 1. The van der Waals surface area contributed by atoms with Gasteiger partial charge in [-0.15, -0.1) is 0 Å². The van der Waals surface area contributed by atoms with Crippen molar-refractivity contribution < 1.29 is 9.53 Å². The molecule has 0 aliphatic heterocycles. The third kappa shape index (κ3) is 1.95. The zero-order chi connectivity index (χ0) is 13.2. The van der Waals surface area contributed by atoms with Gasteiger partial charge in [0.05, 0.1) is 12.8 Å². The average Bonchev–Trinajstić information content (AvgIpc) is 2.90. The molecule has 0 radical (unpaired) electrons. The van der Waals surface area contributed by atoms with E-state index in [0.29, 0.717) is 5.69 Å². The molecular weight excluding hydrogens is 242 g/mol. The van der Waals surface area contributed by atoms with Crippen LogP contribution in [-0.4, -0.2) is 28.0 Å². The molecule has 3 aromatic rings. The van der Waals surface area contributed by atoms with Crippen LogP contribution in [0.25, 0.3) is 22.2 Å². The Morgan fingerprint density at radius 2 is 2.11 bits per heavy atom. The number of aromatic amines is 1. The van der Waals surface area contributed by atoms with E-state index in [1.807, 2.05) is 30.5 Å². The van der Waals surface area contributed by atoms with Crippen LogP contribution in [0.2, 0.25) is 0 Å². The number of nitrogens with one attached hydrogen (secondary N) is 1. The van der Waals surface area contributed by atoms with Crippen molar-refractivity contribution in [3.05, 3.63) is 48.5 Å². The van der Waals surface area contributed by atoms with Gasteiger partial charge in [-0.2, -0.15) is 0 Å². The Labute approximate surface area is 109 Å². The van der Waals surface area contributed by atoms with Crippen molar-refractivity contribution in [3.8, 4) is 11.3 Å². The van der Waals surface area contributed by atoms with E-state index < -0.39 is 5.97 Å². The number of nitrogens with zero attached hydrogens (tertiary/aromatic N) is 2. The second-order valence-electron chi connectivity index (χ2n) is 4.01. The van der Waals surface area contributed by atoms with E-state index >= 15 is 0 Å². The molecule has 5 nitrogen and oxygen atoms in total. The molecule has 94 valence electrons. The predicted molar refractivity (Wildman–Crippen MR) is 70.7 cm³/mol. The molecule has 0 saturated heterocycles. The summed E-state index contributed by atoms with van der Waals surface area (Å²) in [4.78, 5) is 22.8. The largest absolute Gasteiger partial charge is 0.463 e. The van der Waals surface area contributed by atoms with Crippen LogP contribution in [0.4, 0.5) is 0 Å². The van der Waals surface area contributed by atoms with E-state index in [9.17, 15) is 4.79 Å². The first-order valence-corrected chi connectivity index (χ1v) is 5.77. The van der Waals surface area contributed by atoms with Gasteiger partial charge in [0.2, 0.25) is 5.82 Å². The van der Waals surface area contributed by atoms with Crippen LogP contribution in [0, 0.1) is 0 Å². The fourth-order valence-electron chi connectivity index (χ4n) is 1.98. The number of fused-ring (bicyclic) bond motifs is 1. The SMILES string of the molecule is COC(=O)c1nccc(-c2c[nH]c3ccccc23)n1. The van der Waals surface area contributed by atoms with Gasteiger partial charge in [0.25, 0.3) is 0 Å². The molecule has 1 N–H and O–H groups in total. The molecule has 2 heterocycles. The maximum atomic E-state index is 11.4. The number of methoxy groups -OCH3 is 1. The van der Waals surface area contributed by atoms with Gasteiger partial charge >= 0.3 is 5.97 Å². The summed E-state index contributed by atoms with van der Waals surface area (Å²) in [5.41, 5.74) is 2.65. The minimum Gasteiger partial charge on any atom is -0.463 e. The maximum absolute atomic E-state index is 11.4. The molecule has 0 atom stereocenters. The van der Waals surface area contributed by atoms with Crippen LogP contribution in [0.3, 0.4) is 0 Å². The highest BCUT2D eigenvalue weighted by molar-refractivity contribution is 5.95. The molecule has 0 saturated carbocycles. The Balaban J connectivity index is 2.14. The smallest absolute Gasteiger partial charge is 0.376 e. The number of carbonyl (C=O) groups excluding carboxylic acids is 1. The lowest BCUT2D eigenvalue weighted by Gasteiger charge is -2.01. The predicted octanol–water partition coefficient (Wildman–Crippen LogP) is 2.41. The monoisotopic (exact) mass is 253 g/mol. The number of ether oxygens (including phenoxy) is 1. The highest BCUT2D eigenvalue weighted by Gasteiger charge is 2.12. The van der Waals surface area contributed by atoms with Gasteiger partial charge in [0.15, 0.2) is 0 Å². The highest BCUT2D eigenvalue weighted by atomic mass is 16.5. The molecule has 19 heavy (non-hydrogen) atoms. The van der Waals surface area contributed by atoms with Crippen LogP contribution in [0.1, 0.15) is 10.6 Å². The fourth-order valence-corrected chi connectivity index (χ4v) is 1.98. The van der Waals surface area contributed by atoms with Gasteiger partial charge < -0.3 is 9.72 Å². The molecule has 0 unspecified atom stereocenters. The summed E-state index contributed by atoms with van der Waals surface area (Å²) in [7, 11) is 1.31. The molecule has 0 bridgehead atoms. The maximum Gasteiger partial charge on any atom is 0.376 e. The molecule has 0 fully saturated rings. The van der Waals surface area contributed by atoms with Crippen molar-refractivity contribution in [2.45, 2.75) is 0 Å². The number of benzene rings is 1. The third-order valence-electron chi connectivity index (χ3n) is 2.89. The topological polar surface area (TPSA) is 67.9 Å². The Kier molecular flexibility index (Phi) is 2.72. The van der Waals surface area contributed by atoms with Crippen LogP contribution in [0.5, 0.6) is 0 Å². The minimum atomic E-state index is -0.540. The first-order chi connectivity index (χ1) is 9.29. The summed E-state index contributed by atoms with van der Waals surface area (Å²) >= 11 is 0. The van der Waals surface area contributed by atoms with Crippen LogP contribution < -0.4 is 0 Å². The van der Waals surface area contributed by atoms with Crippen LogP contribution in [-0.2, 0) is 4.74 Å². The lowest BCUT2D eigenvalue weighted by atomic mass is 10.1. The molecule has 1 aromatic carbocycles. The quantitative estimate of drug-likeness (QED) is 0.712. The van der Waals surface area contributed by atoms with Crippen molar-refractivity contribution in [1.29, 1.82) is 0 Å². The minimum absolute atomic E-state index is 0.0604. The lowest BCUT2D eigenvalue weighted by molar-refractivity contribution is 0.0587. The van der Waals surface area contributed by atoms with Crippen molar-refractivity contribution in [2.75, 3.05) is 7.11 Å². The number of hydrogen-bond acceptors (Lipinski definition) is 4. The van der Waals surface area contributed by atoms with Crippen molar-refractivity contribution in [1.82, 2.24) is 15.0 Å². The summed E-state index contributed by atoms with van der Waals surface area (Å²) in [6.07, 6.45) is 3.42. The van der Waals surface area contributed by atoms with E-state index in [2.05, 4.69) is 19.7 Å². The molecule has 0 spiro atoms. The van der Waals surface area contributed by atoms with Gasteiger partial charge in [0, 0.05) is 28.9 Å². The zero-order valence-corrected chi connectivity index (χ0v) is 10.3. The number of carbonyl (C=O) groups is 1. The first kappa shape index (κ1) is 11.4. The van der Waals surface area contributed by atoms with Crippen LogP contribution in [0.15, 0.2) is 42.7 Å². The van der Waals surface area contributed by atoms with Crippen LogP contribution >= 0.6 is 0 Å². The van der Waals surface area contributed by atoms with Gasteiger partial charge in [-0.1, -0.05) is 18.2 Å². The molecule has 3 rings (SSSR count). The van der Waals surface area contributed by atoms with E-state index in [0.717, 1.165) is 16.5 Å². The second-order valence-corrected chi connectivity index (χ2v) is 4.01. The second kappa shape index (κ2) is 4.53. The number of H-pyrrole nitrogens is 1. The Morgan fingerprint density at radius 3 is 2.95 bits per heavy atom. The van der Waals surface area contributed by atoms with Crippen molar-refractivity contribution in [3.63, 3.8) is 0 Å². The Hall–Kier alpha value is -2.69. The Bertz CT molecular complexity index is 749. The molecule has 0 aliphatic rings. The van der Waals surface area contributed by atoms with E-state index in [-0.39, 0.29) is 5.82 Å². The summed E-state index contributed by atoms with van der Waals surface area (Å²) < 4.78 is 4.62. The molecule has 0 amide bonds. The zero-order valence-electron chi connectivity index (χ0n) is 10.3. The van der Waals surface area contributed by atoms with E-state index in [4.69, 9.17) is 0 Å². The normalized spacial score (nSPS) is 10.6. The standard InChI is InChI=1S/C14H11N3O2/c1-19-14(18)13-15-7-6-12(17-13)10-8-16-11-5-3-2-4-9(10)11/h2-8,16H,1H3. The Morgan fingerprint density at radius 1 is 1.26 bits per heavy atom. The summed E-state index contributed by atoms with van der Waals surface area (Å²) in [5, 5.41) is 1.05. The van der Waals surface area contributed by atoms with Gasteiger partial charge in [-0.3, -0.25) is 0 Å². The van der Waals surface area contributed by atoms with Crippen molar-refractivity contribution >= 4 is 16.9 Å². The molecule has 0 aliphatic carbocycles. The molecule has 5 heteroatoms. The highest BCUT2D eigenvalue weighted by Crippen LogP contribution is 2.26. The van der Waals surface area contributed by atoms with Gasteiger partial charge in [0.1, 0.15) is 0 Å². The number of hydrogen-bond donors (Lipinski definition) is 1. The van der Waals surface area contributed by atoms with E-state index in [1.54, 1.807) is 12.3 Å². The van der Waals surface area contributed by atoms with Gasteiger partial charge in [-0.25, -0.2) is 14.8 Å². The first-order valence-electron chi connectivity index (χ1n) is 5.77. The summed E-state index contributed by atoms with van der Waals surface area (Å²) in [6, 6.07) is 9.68. The number of rotatable bonds is 2. The van der Waals surface area contributed by atoms with E-state index in [1.165, 1.54) is 7.11 Å². The average molecular weight is 253 g/mol. The number of aromatic nitrogens is 3. The van der Waals surface area contributed by atoms with Gasteiger partial charge in [-0.05, 0) is 12.1 Å². The lowest BCUT2D eigenvalue weighted by Crippen LogP contribution is -2.07.